The van der Waals surface area contributed by atoms with E-state index in [2.05, 4.69) is 24.0 Å². The van der Waals surface area contributed by atoms with Gasteiger partial charge in [0.2, 0.25) is 20.0 Å². The number of nitrogens with zero attached hydrogens (tertiary/aromatic N) is 3. The summed E-state index contributed by atoms with van der Waals surface area (Å²) < 4.78 is 66.1. The zero-order valence-corrected chi connectivity index (χ0v) is 19.4. The molecule has 1 fully saturated rings. The molecule has 1 aliphatic heterocycles. The van der Waals surface area contributed by atoms with Gasteiger partial charge in [0.05, 0.1) is 10.6 Å². The van der Waals surface area contributed by atoms with Gasteiger partial charge in [0.1, 0.15) is 5.82 Å². The van der Waals surface area contributed by atoms with Crippen molar-refractivity contribution in [1.82, 2.24) is 13.5 Å². The Balaban J connectivity index is 1.54. The molecule has 10 heteroatoms. The maximum absolute atomic E-state index is 13.1. The molecule has 0 N–H and O–H groups in total. The van der Waals surface area contributed by atoms with Crippen LogP contribution in [0.5, 0.6) is 0 Å². The predicted octanol–water partition coefficient (Wildman–Crippen LogP) is 1.90. The molecule has 3 rings (SSSR count). The second-order valence-electron chi connectivity index (χ2n) is 7.70. The Bertz CT molecular complexity index is 1100. The third-order valence-electron chi connectivity index (χ3n) is 5.57. The summed E-state index contributed by atoms with van der Waals surface area (Å²) in [7, 11) is -6.14. The summed E-state index contributed by atoms with van der Waals surface area (Å²) >= 11 is 0. The Kier molecular flexibility index (Phi) is 7.48. The molecule has 2 aromatic carbocycles. The number of hydrogen-bond acceptors (Lipinski definition) is 5. The van der Waals surface area contributed by atoms with E-state index >= 15 is 0 Å². The number of benzene rings is 2. The first kappa shape index (κ1) is 23.8. The normalized spacial score (nSPS) is 16.6. The fraction of sp³-hybridized carbons (Fsp3) is 0.429. The number of rotatable bonds is 8. The summed E-state index contributed by atoms with van der Waals surface area (Å²) in [5.41, 5.74) is 2.44. The lowest BCUT2D eigenvalue weighted by Gasteiger charge is -2.34. The van der Waals surface area contributed by atoms with Crippen LogP contribution in [0.2, 0.25) is 0 Å². The van der Waals surface area contributed by atoms with E-state index in [1.54, 1.807) is 0 Å². The molecule has 0 atom stereocenters. The fourth-order valence-corrected chi connectivity index (χ4v) is 6.24. The van der Waals surface area contributed by atoms with Crippen LogP contribution in [0.3, 0.4) is 0 Å². The monoisotopic (exact) mass is 469 g/mol. The molecule has 1 saturated heterocycles. The number of sulfonamides is 2. The van der Waals surface area contributed by atoms with Gasteiger partial charge in [-0.1, -0.05) is 24.3 Å². The first-order valence-corrected chi connectivity index (χ1v) is 13.1. The van der Waals surface area contributed by atoms with Crippen LogP contribution in [0.4, 0.5) is 4.39 Å². The van der Waals surface area contributed by atoms with Gasteiger partial charge < -0.3 is 0 Å². The van der Waals surface area contributed by atoms with E-state index in [1.807, 2.05) is 12.1 Å². The molecule has 0 amide bonds. The highest BCUT2D eigenvalue weighted by atomic mass is 32.2. The largest absolute Gasteiger partial charge is 0.296 e. The maximum atomic E-state index is 13.1. The van der Waals surface area contributed by atoms with Gasteiger partial charge in [-0.25, -0.2) is 21.2 Å². The Hall–Kier alpha value is -1.85. The summed E-state index contributed by atoms with van der Waals surface area (Å²) in [6.07, 6.45) is 0. The predicted molar refractivity (Wildman–Crippen MR) is 118 cm³/mol. The lowest BCUT2D eigenvalue weighted by Crippen LogP contribution is -2.49. The minimum absolute atomic E-state index is 0.0707. The highest BCUT2D eigenvalue weighted by Crippen LogP contribution is 2.17. The van der Waals surface area contributed by atoms with Crippen LogP contribution in [0.25, 0.3) is 0 Å². The van der Waals surface area contributed by atoms with Crippen LogP contribution in [-0.4, -0.2) is 75.9 Å². The van der Waals surface area contributed by atoms with E-state index in [-0.39, 0.29) is 17.2 Å². The lowest BCUT2D eigenvalue weighted by molar-refractivity contribution is 0.181. The molecule has 0 bridgehead atoms. The van der Waals surface area contributed by atoms with Crippen LogP contribution < -0.4 is 0 Å². The van der Waals surface area contributed by atoms with Gasteiger partial charge in [-0.3, -0.25) is 4.90 Å². The van der Waals surface area contributed by atoms with E-state index in [0.717, 1.165) is 23.0 Å². The molecule has 0 radical (unpaired) electrons. The first-order valence-electron chi connectivity index (χ1n) is 10.1. The number of piperazine rings is 1. The molecule has 1 heterocycles. The van der Waals surface area contributed by atoms with Crippen molar-refractivity contribution in [2.24, 2.45) is 0 Å². The van der Waals surface area contributed by atoms with Crippen molar-refractivity contribution in [3.8, 4) is 0 Å². The summed E-state index contributed by atoms with van der Waals surface area (Å²) in [4.78, 5) is 2.15. The zero-order valence-electron chi connectivity index (χ0n) is 17.7. The van der Waals surface area contributed by atoms with Crippen molar-refractivity contribution in [3.63, 3.8) is 0 Å². The summed E-state index contributed by atoms with van der Waals surface area (Å²) in [6.45, 7) is 4.66. The first-order chi connectivity index (χ1) is 14.6. The lowest BCUT2D eigenvalue weighted by atomic mass is 10.1. The van der Waals surface area contributed by atoms with Gasteiger partial charge in [0.25, 0.3) is 0 Å². The van der Waals surface area contributed by atoms with Crippen LogP contribution in [0.15, 0.2) is 53.4 Å². The third kappa shape index (κ3) is 5.89. The molecular weight excluding hydrogens is 441 g/mol. The van der Waals surface area contributed by atoms with Crippen LogP contribution in [-0.2, 0) is 26.6 Å². The SMILES string of the molecule is Cc1ccccc1CN1CCN(S(=O)(=O)CCN(C)S(=O)(=O)c2ccc(F)cc2)CC1. The molecule has 0 spiro atoms. The number of halogens is 1. The molecule has 170 valence electrons. The average molecular weight is 470 g/mol. The molecule has 0 aliphatic carbocycles. The van der Waals surface area contributed by atoms with Crippen molar-refractivity contribution in [3.05, 3.63) is 65.5 Å². The third-order valence-corrected chi connectivity index (χ3v) is 9.29. The van der Waals surface area contributed by atoms with E-state index < -0.39 is 25.9 Å². The second kappa shape index (κ2) is 9.74. The van der Waals surface area contributed by atoms with Crippen LogP contribution in [0.1, 0.15) is 11.1 Å². The van der Waals surface area contributed by atoms with Gasteiger partial charge >= 0.3 is 0 Å². The molecule has 2 aromatic rings. The van der Waals surface area contributed by atoms with Gasteiger partial charge in [0.15, 0.2) is 0 Å². The Morgan fingerprint density at radius 2 is 1.55 bits per heavy atom. The van der Waals surface area contributed by atoms with Crippen LogP contribution in [0, 0.1) is 12.7 Å². The number of aryl methyl sites for hydroxylation is 1. The summed E-state index contributed by atoms with van der Waals surface area (Å²) in [6, 6.07) is 12.6. The van der Waals surface area contributed by atoms with E-state index in [1.165, 1.54) is 34.6 Å². The molecule has 31 heavy (non-hydrogen) atoms. The smallest absolute Gasteiger partial charge is 0.242 e. The van der Waals surface area contributed by atoms with E-state index in [4.69, 9.17) is 0 Å². The van der Waals surface area contributed by atoms with Gasteiger partial charge in [-0.15, -0.1) is 0 Å². The molecule has 7 nitrogen and oxygen atoms in total. The van der Waals surface area contributed by atoms with Crippen molar-refractivity contribution < 1.29 is 21.2 Å². The highest BCUT2D eigenvalue weighted by Gasteiger charge is 2.29. The van der Waals surface area contributed by atoms with Gasteiger partial charge in [0, 0.05) is 46.3 Å². The van der Waals surface area contributed by atoms with Crippen molar-refractivity contribution in [2.75, 3.05) is 45.5 Å². The standard InChI is InChI=1S/C21H28FN3O4S2/c1-18-5-3-4-6-19(18)17-24-11-13-25(14-12-24)30(26,27)16-15-23(2)31(28,29)21-9-7-20(22)8-10-21/h3-10H,11-17H2,1-2H3. The Labute approximate surface area is 184 Å². The van der Waals surface area contributed by atoms with E-state index in [9.17, 15) is 21.2 Å². The molecule has 1 aliphatic rings. The molecule has 0 saturated carbocycles. The average Bonchev–Trinajstić information content (AvgIpc) is 2.74. The molecule has 0 unspecified atom stereocenters. The quantitative estimate of drug-likeness (QED) is 0.590. The fourth-order valence-electron chi connectivity index (χ4n) is 3.47. The topological polar surface area (TPSA) is 78.0 Å². The molecular formula is C21H28FN3O4S2. The zero-order chi connectivity index (χ0) is 22.6. The minimum atomic E-state index is -3.88. The highest BCUT2D eigenvalue weighted by molar-refractivity contribution is 7.90. The van der Waals surface area contributed by atoms with Crippen LogP contribution >= 0.6 is 0 Å². The minimum Gasteiger partial charge on any atom is -0.296 e. The summed E-state index contributed by atoms with van der Waals surface area (Å²) in [5, 5.41) is 0. The second-order valence-corrected chi connectivity index (χ2v) is 11.8. The number of hydrogen-bond donors (Lipinski definition) is 0. The van der Waals surface area contributed by atoms with Crippen molar-refractivity contribution in [2.45, 2.75) is 18.4 Å². The van der Waals surface area contributed by atoms with Crippen molar-refractivity contribution >= 4 is 20.0 Å². The van der Waals surface area contributed by atoms with Gasteiger partial charge in [-0.2, -0.15) is 8.61 Å². The van der Waals surface area contributed by atoms with E-state index in [0.29, 0.717) is 26.2 Å². The van der Waals surface area contributed by atoms with Crippen molar-refractivity contribution in [1.29, 1.82) is 0 Å². The summed E-state index contributed by atoms with van der Waals surface area (Å²) in [5.74, 6) is -0.840. The Morgan fingerprint density at radius 3 is 2.16 bits per heavy atom. The maximum Gasteiger partial charge on any atom is 0.242 e. The Morgan fingerprint density at radius 1 is 0.935 bits per heavy atom. The molecule has 0 aromatic heterocycles. The van der Waals surface area contributed by atoms with Gasteiger partial charge in [-0.05, 0) is 42.3 Å².